The molecule has 4 N–H and O–H groups in total. The van der Waals surface area contributed by atoms with Gasteiger partial charge in [-0.2, -0.15) is 5.26 Å². The molecule has 1 amide bonds. The molecule has 4 aliphatic heterocycles. The van der Waals surface area contributed by atoms with E-state index in [-0.39, 0.29) is 11.9 Å². The Morgan fingerprint density at radius 2 is 2.15 bits per heavy atom. The number of nitrogens with one attached hydrogen (secondary N) is 4. The fourth-order valence-corrected chi connectivity index (χ4v) is 5.00. The quantitative estimate of drug-likeness (QED) is 0.478. The molecule has 4 heterocycles. The Balaban J connectivity index is 1.34. The number of hydrogen-bond donors (Lipinski definition) is 4. The Morgan fingerprint density at radius 3 is 2.96 bits per heavy atom. The molecular formula is C17H28FN7O. The van der Waals surface area contributed by atoms with E-state index in [4.69, 9.17) is 0 Å². The third-order valence-electron chi connectivity index (χ3n) is 6.31. The zero-order valence-electron chi connectivity index (χ0n) is 15.0. The van der Waals surface area contributed by atoms with Gasteiger partial charge in [0.25, 0.3) is 5.91 Å². The van der Waals surface area contributed by atoms with Crippen molar-refractivity contribution in [2.75, 3.05) is 45.9 Å². The van der Waals surface area contributed by atoms with Gasteiger partial charge in [-0.05, 0) is 25.3 Å². The molecule has 0 aromatic heterocycles. The number of amides is 1. The van der Waals surface area contributed by atoms with Gasteiger partial charge in [0.2, 0.25) is 0 Å². The second-order valence-electron chi connectivity index (χ2n) is 7.99. The summed E-state index contributed by atoms with van der Waals surface area (Å²) in [6, 6.07) is 2.87. The van der Waals surface area contributed by atoms with Crippen LogP contribution in [0, 0.1) is 23.2 Å². The molecular weight excluding hydrogens is 337 g/mol. The molecule has 4 fully saturated rings. The first-order valence-electron chi connectivity index (χ1n) is 9.64. The smallest absolute Gasteiger partial charge is 0.253 e. The van der Waals surface area contributed by atoms with Crippen molar-refractivity contribution in [3.8, 4) is 6.07 Å². The lowest BCUT2D eigenvalue weighted by molar-refractivity contribution is -0.129. The first-order chi connectivity index (χ1) is 12.7. The van der Waals surface area contributed by atoms with Crippen molar-refractivity contribution in [3.63, 3.8) is 0 Å². The lowest BCUT2D eigenvalue weighted by atomic mass is 9.91. The Bertz CT molecular complexity index is 570. The van der Waals surface area contributed by atoms with Crippen LogP contribution < -0.4 is 21.5 Å². The highest BCUT2D eigenvalue weighted by Crippen LogP contribution is 2.27. The van der Waals surface area contributed by atoms with Crippen LogP contribution in [0.1, 0.15) is 12.8 Å². The van der Waals surface area contributed by atoms with Crippen LogP contribution in [-0.2, 0) is 4.79 Å². The van der Waals surface area contributed by atoms with Gasteiger partial charge in [0.15, 0.2) is 0 Å². The van der Waals surface area contributed by atoms with Gasteiger partial charge in [0.05, 0.1) is 6.07 Å². The van der Waals surface area contributed by atoms with Gasteiger partial charge < -0.3 is 5.32 Å². The summed E-state index contributed by atoms with van der Waals surface area (Å²) >= 11 is 0. The topological polar surface area (TPSA) is 95.5 Å². The Kier molecular flexibility index (Phi) is 5.38. The highest BCUT2D eigenvalue weighted by molar-refractivity contribution is 5.82. The molecule has 4 aliphatic rings. The standard InChI is InChI=1S/C17H28FN7O/c18-12-3-11(5-20-6-12)8-25-10-21-14-9-24(2-1-15(14)25)16-7-22-23-17(26)13(16)4-19/h11-16,20-22H,1-3,5-10H2,(H,23,26). The Hall–Kier alpha value is -1.31. The third-order valence-corrected chi connectivity index (χ3v) is 6.31. The van der Waals surface area contributed by atoms with Crippen molar-refractivity contribution < 1.29 is 9.18 Å². The van der Waals surface area contributed by atoms with E-state index in [0.29, 0.717) is 37.5 Å². The van der Waals surface area contributed by atoms with Gasteiger partial charge in [0.1, 0.15) is 12.1 Å². The number of nitriles is 1. The van der Waals surface area contributed by atoms with E-state index in [9.17, 15) is 14.4 Å². The highest BCUT2D eigenvalue weighted by atomic mass is 19.1. The summed E-state index contributed by atoms with van der Waals surface area (Å²) in [5.74, 6) is -0.496. The second kappa shape index (κ2) is 7.74. The van der Waals surface area contributed by atoms with Crippen LogP contribution in [0.3, 0.4) is 0 Å². The van der Waals surface area contributed by atoms with Crippen LogP contribution >= 0.6 is 0 Å². The number of rotatable bonds is 3. The molecule has 0 aromatic carbocycles. The molecule has 0 bridgehead atoms. The minimum absolute atomic E-state index is 0.0830. The van der Waals surface area contributed by atoms with E-state index >= 15 is 0 Å². The fraction of sp³-hybridized carbons (Fsp3) is 0.882. The number of halogens is 1. The number of hydrazine groups is 1. The fourth-order valence-electron chi connectivity index (χ4n) is 5.00. The van der Waals surface area contributed by atoms with E-state index in [1.54, 1.807) is 0 Å². The number of carbonyl (C=O) groups is 1. The molecule has 4 rings (SSSR count). The van der Waals surface area contributed by atoms with Crippen LogP contribution in [0.15, 0.2) is 0 Å². The van der Waals surface area contributed by atoms with Crippen molar-refractivity contribution in [2.45, 2.75) is 37.1 Å². The lowest BCUT2D eigenvalue weighted by Gasteiger charge is -2.44. The average molecular weight is 365 g/mol. The maximum Gasteiger partial charge on any atom is 0.253 e. The van der Waals surface area contributed by atoms with Crippen molar-refractivity contribution in [2.24, 2.45) is 11.8 Å². The maximum atomic E-state index is 13.6. The summed E-state index contributed by atoms with van der Waals surface area (Å²) in [6.45, 7) is 5.46. The van der Waals surface area contributed by atoms with E-state index in [1.165, 1.54) is 0 Å². The zero-order chi connectivity index (χ0) is 18.1. The summed E-state index contributed by atoms with van der Waals surface area (Å²) in [6.07, 6.45) is 0.933. The molecule has 0 spiro atoms. The number of likely N-dealkylation sites (tertiary alicyclic amines) is 1. The predicted octanol–water partition coefficient (Wildman–Crippen LogP) is -1.62. The molecule has 0 aromatic rings. The second-order valence-corrected chi connectivity index (χ2v) is 7.99. The minimum atomic E-state index is -0.727. The number of nitrogens with zero attached hydrogens (tertiary/aromatic N) is 3. The van der Waals surface area contributed by atoms with Gasteiger partial charge >= 0.3 is 0 Å². The Labute approximate surface area is 153 Å². The van der Waals surface area contributed by atoms with Crippen molar-refractivity contribution in [1.82, 2.24) is 31.3 Å². The number of carbonyl (C=O) groups excluding carboxylic acids is 1. The normalized spacial score (nSPS) is 42.1. The van der Waals surface area contributed by atoms with E-state index in [2.05, 4.69) is 37.4 Å². The molecule has 6 atom stereocenters. The number of hydrogen-bond acceptors (Lipinski definition) is 7. The molecule has 9 heteroatoms. The van der Waals surface area contributed by atoms with Crippen LogP contribution in [0.4, 0.5) is 4.39 Å². The highest BCUT2D eigenvalue weighted by Gasteiger charge is 2.44. The summed E-state index contributed by atoms with van der Waals surface area (Å²) in [5, 5.41) is 16.1. The minimum Gasteiger partial charge on any atom is -0.314 e. The zero-order valence-corrected chi connectivity index (χ0v) is 15.0. The van der Waals surface area contributed by atoms with E-state index < -0.39 is 12.1 Å². The average Bonchev–Trinajstić information content (AvgIpc) is 3.03. The first kappa shape index (κ1) is 18.1. The third kappa shape index (κ3) is 3.57. The summed E-state index contributed by atoms with van der Waals surface area (Å²) < 4.78 is 13.6. The van der Waals surface area contributed by atoms with Crippen LogP contribution in [0.25, 0.3) is 0 Å². The van der Waals surface area contributed by atoms with Crippen LogP contribution in [0.2, 0.25) is 0 Å². The van der Waals surface area contributed by atoms with Crippen LogP contribution in [-0.4, -0.2) is 85.9 Å². The van der Waals surface area contributed by atoms with Crippen LogP contribution in [0.5, 0.6) is 0 Å². The molecule has 0 aliphatic carbocycles. The number of alkyl halides is 1. The summed E-state index contributed by atoms with van der Waals surface area (Å²) in [5.41, 5.74) is 5.46. The van der Waals surface area contributed by atoms with Crippen molar-refractivity contribution >= 4 is 5.91 Å². The molecule has 144 valence electrons. The van der Waals surface area contributed by atoms with Gasteiger partial charge in [0, 0.05) is 57.5 Å². The maximum absolute atomic E-state index is 13.6. The molecule has 4 saturated heterocycles. The Morgan fingerprint density at radius 1 is 1.27 bits per heavy atom. The molecule has 6 unspecified atom stereocenters. The molecule has 26 heavy (non-hydrogen) atoms. The van der Waals surface area contributed by atoms with Gasteiger partial charge in [-0.15, -0.1) is 0 Å². The largest absolute Gasteiger partial charge is 0.314 e. The first-order valence-corrected chi connectivity index (χ1v) is 9.64. The lowest BCUT2D eigenvalue weighted by Crippen LogP contribution is -2.64. The predicted molar refractivity (Wildman–Crippen MR) is 93.4 cm³/mol. The van der Waals surface area contributed by atoms with Gasteiger partial charge in [-0.25, -0.2) is 9.82 Å². The molecule has 8 nitrogen and oxygen atoms in total. The molecule has 0 radical (unpaired) electrons. The SMILES string of the molecule is N#CC1C(=O)NNCC1N1CCC2C(C1)NCN2CC1CNCC(F)C1. The summed E-state index contributed by atoms with van der Waals surface area (Å²) in [4.78, 5) is 16.7. The number of fused-ring (bicyclic) bond motifs is 1. The van der Waals surface area contributed by atoms with E-state index in [1.807, 2.05) is 0 Å². The van der Waals surface area contributed by atoms with Crippen molar-refractivity contribution in [3.05, 3.63) is 0 Å². The van der Waals surface area contributed by atoms with E-state index in [0.717, 1.165) is 39.3 Å². The van der Waals surface area contributed by atoms with Gasteiger partial charge in [-0.3, -0.25) is 25.3 Å². The summed E-state index contributed by atoms with van der Waals surface area (Å²) in [7, 11) is 0. The van der Waals surface area contributed by atoms with Gasteiger partial charge in [-0.1, -0.05) is 0 Å². The van der Waals surface area contributed by atoms with Crippen molar-refractivity contribution in [1.29, 1.82) is 5.26 Å². The number of piperidine rings is 2. The molecule has 0 saturated carbocycles. The monoisotopic (exact) mass is 365 g/mol.